The van der Waals surface area contributed by atoms with Crippen LogP contribution in [0.25, 0.3) is 0 Å². The summed E-state index contributed by atoms with van der Waals surface area (Å²) in [5.74, 6) is -6.09. The minimum absolute atomic E-state index is 0.0301. The minimum atomic E-state index is -2.46. The van der Waals surface area contributed by atoms with E-state index in [0.717, 1.165) is 30.4 Å². The fourth-order valence-corrected chi connectivity index (χ4v) is 12.8. The molecule has 0 spiro atoms. The van der Waals surface area contributed by atoms with Crippen LogP contribution >= 0.6 is 0 Å². The molecule has 2 N–H and O–H groups in total. The van der Waals surface area contributed by atoms with Crippen molar-refractivity contribution in [1.82, 2.24) is 4.90 Å². The molecule has 0 radical (unpaired) electrons. The van der Waals surface area contributed by atoms with E-state index in [-0.39, 0.29) is 54.9 Å². The topological polar surface area (TPSA) is 160 Å². The number of Topliss-reactive ketones (excluding diaryl/α,β-unsaturated/α-hetero) is 1. The number of ether oxygens (including phenoxy) is 5. The summed E-state index contributed by atoms with van der Waals surface area (Å²) in [5.41, 5.74) is 2.12. The second-order valence-electron chi connectivity index (χ2n) is 22.7. The Kier molecular flexibility index (Phi) is 19.9. The van der Waals surface area contributed by atoms with Gasteiger partial charge in [0, 0.05) is 46.1 Å². The number of allylic oxidation sites excluding steroid dienone is 2. The normalized spacial score (nSPS) is 36.6. The summed E-state index contributed by atoms with van der Waals surface area (Å²) >= 11 is 0. The number of ketones is 1. The molecule has 0 aromatic carbocycles. The van der Waals surface area contributed by atoms with Gasteiger partial charge in [-0.15, -0.1) is 0 Å². The molecule has 14 unspecified atom stereocenters. The van der Waals surface area contributed by atoms with E-state index >= 15 is 0 Å². The molecule has 3 aliphatic heterocycles. The van der Waals surface area contributed by atoms with Gasteiger partial charge in [0.15, 0.2) is 16.6 Å². The van der Waals surface area contributed by atoms with Crippen LogP contribution in [0.1, 0.15) is 126 Å². The van der Waals surface area contributed by atoms with Gasteiger partial charge in [-0.1, -0.05) is 59.3 Å². The summed E-state index contributed by atoms with van der Waals surface area (Å²) in [6.07, 6.45) is 6.47. The van der Waals surface area contributed by atoms with Gasteiger partial charge in [-0.05, 0) is 133 Å². The van der Waals surface area contributed by atoms with Gasteiger partial charge in [-0.25, -0.2) is 4.79 Å². The fraction of sp³-hybridized carbons (Fsp3) is 0.860. The van der Waals surface area contributed by atoms with Crippen molar-refractivity contribution in [3.63, 3.8) is 0 Å². The van der Waals surface area contributed by atoms with Crippen LogP contribution in [0.4, 0.5) is 0 Å². The molecule has 0 aromatic rings. The molecule has 3 heterocycles. The van der Waals surface area contributed by atoms with Crippen LogP contribution in [0.15, 0.2) is 23.3 Å². The van der Waals surface area contributed by atoms with E-state index in [1.54, 1.807) is 28.3 Å². The lowest BCUT2D eigenvalue weighted by Crippen LogP contribution is -2.64. The van der Waals surface area contributed by atoms with Crippen molar-refractivity contribution in [1.29, 1.82) is 0 Å². The number of aliphatic hydroxyl groups is 2. The summed E-state index contributed by atoms with van der Waals surface area (Å²) < 4.78 is 44.6. The maximum Gasteiger partial charge on any atom is 0.329 e. The highest BCUT2D eigenvalue weighted by Crippen LogP contribution is 2.42. The number of rotatable bonds is 11. The van der Waals surface area contributed by atoms with Crippen LogP contribution in [-0.4, -0.2) is 138 Å². The van der Waals surface area contributed by atoms with Crippen molar-refractivity contribution in [3.05, 3.63) is 23.3 Å². The van der Waals surface area contributed by atoms with Gasteiger partial charge in [0.2, 0.25) is 5.79 Å². The maximum absolute atomic E-state index is 14.6. The first-order valence-corrected chi connectivity index (χ1v) is 30.9. The second-order valence-corrected chi connectivity index (χ2v) is 31.9. The van der Waals surface area contributed by atoms with Gasteiger partial charge < -0.3 is 47.6 Å². The molecular weight excluding hydrogens is 863 g/mol. The molecule has 13 nitrogen and oxygen atoms in total. The maximum atomic E-state index is 14.6. The van der Waals surface area contributed by atoms with Crippen molar-refractivity contribution in [2.75, 3.05) is 27.9 Å². The number of esters is 1. The quantitative estimate of drug-likeness (QED) is 0.0882. The first-order valence-electron chi connectivity index (χ1n) is 24.6. The molecule has 15 heteroatoms. The molecule has 2 bridgehead atoms. The van der Waals surface area contributed by atoms with Crippen molar-refractivity contribution >= 4 is 34.3 Å². The highest BCUT2D eigenvalue weighted by atomic mass is 28.4. The number of hydrogen-bond donors (Lipinski definition) is 2. The molecule has 4 aliphatic rings. The molecule has 65 heavy (non-hydrogen) atoms. The smallest absolute Gasteiger partial charge is 0.329 e. The van der Waals surface area contributed by atoms with Crippen LogP contribution in [0.3, 0.4) is 0 Å². The lowest BCUT2D eigenvalue weighted by atomic mass is 9.82. The van der Waals surface area contributed by atoms with Gasteiger partial charge in [0.25, 0.3) is 11.7 Å². The van der Waals surface area contributed by atoms with E-state index in [2.05, 4.69) is 79.5 Å². The zero-order valence-electron chi connectivity index (χ0n) is 43.1. The van der Waals surface area contributed by atoms with E-state index < -0.39 is 94.6 Å². The van der Waals surface area contributed by atoms with Gasteiger partial charge in [-0.3, -0.25) is 9.59 Å². The predicted octanol–water partition coefficient (Wildman–Crippen LogP) is 8.52. The summed E-state index contributed by atoms with van der Waals surface area (Å²) in [5, 5.41) is 24.0. The molecule has 14 atom stereocenters. The number of hydrogen-bond acceptors (Lipinski definition) is 12. The van der Waals surface area contributed by atoms with Crippen LogP contribution < -0.4 is 0 Å². The Balaban J connectivity index is 1.71. The van der Waals surface area contributed by atoms with E-state index in [9.17, 15) is 24.6 Å². The van der Waals surface area contributed by atoms with Crippen molar-refractivity contribution in [3.8, 4) is 0 Å². The number of cyclic esters (lactones) is 1. The van der Waals surface area contributed by atoms with Gasteiger partial charge in [0.1, 0.15) is 18.2 Å². The summed E-state index contributed by atoms with van der Waals surface area (Å²) in [4.78, 5) is 44.6. The number of carbonyl (C=O) groups is 3. The average Bonchev–Trinajstić information content (AvgIpc) is 3.23. The number of methoxy groups -OCH3 is 3. The van der Waals surface area contributed by atoms with Crippen LogP contribution in [0.2, 0.25) is 37.8 Å². The Morgan fingerprint density at radius 2 is 1.54 bits per heavy atom. The number of aliphatic hydroxyl groups excluding tert-OH is 1. The number of carbonyl (C=O) groups excluding carboxylic acids is 3. The first kappa shape index (κ1) is 55.8. The van der Waals surface area contributed by atoms with Crippen molar-refractivity contribution in [2.45, 2.75) is 224 Å². The second kappa shape index (κ2) is 23.2. The zero-order chi connectivity index (χ0) is 48.8. The Bertz CT molecular complexity index is 1660. The largest absolute Gasteiger partial charge is 0.460 e. The van der Waals surface area contributed by atoms with E-state index in [1.165, 1.54) is 4.90 Å². The van der Waals surface area contributed by atoms with Crippen LogP contribution in [0.5, 0.6) is 0 Å². The highest BCUT2D eigenvalue weighted by Gasteiger charge is 2.57. The number of amides is 1. The third-order valence-electron chi connectivity index (χ3n) is 15.1. The summed E-state index contributed by atoms with van der Waals surface area (Å²) in [6.45, 7) is 27.8. The summed E-state index contributed by atoms with van der Waals surface area (Å²) in [7, 11) is 0.674. The molecule has 2 saturated heterocycles. The lowest BCUT2D eigenvalue weighted by molar-refractivity contribution is -0.302. The first-order chi connectivity index (χ1) is 30.2. The predicted molar refractivity (Wildman–Crippen MR) is 258 cm³/mol. The number of fused-ring (bicyclic) bond motifs is 3. The van der Waals surface area contributed by atoms with Gasteiger partial charge >= 0.3 is 5.97 Å². The summed E-state index contributed by atoms with van der Waals surface area (Å²) in [6, 6.07) is -1.07. The van der Waals surface area contributed by atoms with Gasteiger partial charge in [0.05, 0.1) is 36.6 Å². The highest BCUT2D eigenvalue weighted by molar-refractivity contribution is 6.74. The Hall–Kier alpha value is -1.80. The van der Waals surface area contributed by atoms with Crippen LogP contribution in [-0.2, 0) is 46.9 Å². The van der Waals surface area contributed by atoms with Crippen molar-refractivity contribution in [2.24, 2.45) is 23.7 Å². The molecule has 4 rings (SSSR count). The van der Waals surface area contributed by atoms with Crippen molar-refractivity contribution < 1.29 is 57.1 Å². The number of nitrogens with zero attached hydrogens (tertiary/aromatic N) is 1. The van der Waals surface area contributed by atoms with E-state index in [1.807, 2.05) is 13.8 Å². The average molecular weight is 952 g/mol. The van der Waals surface area contributed by atoms with E-state index in [0.29, 0.717) is 32.1 Å². The fourth-order valence-electron chi connectivity index (χ4n) is 10.2. The van der Waals surface area contributed by atoms with Gasteiger partial charge in [-0.2, -0.15) is 0 Å². The lowest BCUT2D eigenvalue weighted by Gasteiger charge is -2.47. The zero-order valence-corrected chi connectivity index (χ0v) is 45.1. The third kappa shape index (κ3) is 14.4. The molecular formula is C50H89NO12Si2. The monoisotopic (exact) mass is 952 g/mol. The molecule has 0 aromatic heterocycles. The molecule has 3 fully saturated rings. The molecule has 374 valence electrons. The SMILES string of the molecule is COC1CC(C=C(C)C(O[Si](C)(C)C)C(C)C2CC(O)C/C=C(/C)CC(C)CC(OC)C3OC(O)(C(=O)C(=O)N4CCCCC4C(=O)O2)C(C)CC3OC)CCC1O[Si](C)(C)C(C)(C)C. The molecule has 1 aliphatic carbocycles. The Morgan fingerprint density at radius 3 is 2.14 bits per heavy atom. The van der Waals surface area contributed by atoms with E-state index in [4.69, 9.17) is 32.5 Å². The standard InChI is InChI=1S/C50H89NO12Si2/c1-31-20-22-37(52)30-40(35(5)44(63-64(12,13)14)33(3)27-36-21-23-39(41(29-36)57-9)62-65(15,16)49(6,7)8)60-48(55)38-19-17-18-24-51(38)47(54)46(53)50(56)34(4)28-43(59-11)45(61-50)42(58-10)26-32(2)25-31/h20,27,32,34-45,52,56H,17-19,21-26,28-30H2,1-16H3/b31-20-,33-27?. The minimum Gasteiger partial charge on any atom is -0.460 e. The number of piperidine rings is 1. The van der Waals surface area contributed by atoms with Crippen LogP contribution in [0, 0.1) is 23.7 Å². The molecule has 1 amide bonds. The Morgan fingerprint density at radius 1 is 0.908 bits per heavy atom. The Labute approximate surface area is 394 Å². The molecule has 1 saturated carbocycles. The third-order valence-corrected chi connectivity index (χ3v) is 20.6.